The highest BCUT2D eigenvalue weighted by molar-refractivity contribution is 5.64. The molecule has 5 nitrogen and oxygen atoms in total. The maximum absolute atomic E-state index is 5.49. The topological polar surface area (TPSA) is 50.3 Å². The van der Waals surface area contributed by atoms with Crippen LogP contribution in [0, 0.1) is 0 Å². The molecule has 1 aromatic carbocycles. The molecule has 0 bridgehead atoms. The zero-order chi connectivity index (χ0) is 17.6. The highest BCUT2D eigenvalue weighted by Crippen LogP contribution is 2.26. The van der Waals surface area contributed by atoms with Crippen molar-refractivity contribution < 1.29 is 4.74 Å². The summed E-state index contributed by atoms with van der Waals surface area (Å²) in [5, 5.41) is 3.70. The van der Waals surface area contributed by atoms with Crippen molar-refractivity contribution in [3.8, 4) is 11.3 Å². The van der Waals surface area contributed by atoms with Gasteiger partial charge in [0.05, 0.1) is 18.9 Å². The molecule has 2 fully saturated rings. The molecule has 0 atom stereocenters. The van der Waals surface area contributed by atoms with E-state index in [9.17, 15) is 0 Å². The lowest BCUT2D eigenvalue weighted by Gasteiger charge is -2.28. The maximum Gasteiger partial charge on any atom is 0.228 e. The Balaban J connectivity index is 1.63. The number of hydrogen-bond acceptors (Lipinski definition) is 5. The predicted molar refractivity (Wildman–Crippen MR) is 106 cm³/mol. The number of benzene rings is 1. The molecule has 1 saturated carbocycles. The van der Waals surface area contributed by atoms with Crippen LogP contribution in [-0.2, 0) is 4.74 Å². The van der Waals surface area contributed by atoms with E-state index < -0.39 is 0 Å². The van der Waals surface area contributed by atoms with Crippen LogP contribution >= 0.6 is 0 Å². The lowest BCUT2D eigenvalue weighted by atomic mass is 10.1. The highest BCUT2D eigenvalue weighted by Gasteiger charge is 2.18. The first kappa shape index (κ1) is 17.3. The van der Waals surface area contributed by atoms with E-state index in [-0.39, 0.29) is 0 Å². The van der Waals surface area contributed by atoms with Crippen molar-refractivity contribution in [1.29, 1.82) is 0 Å². The van der Waals surface area contributed by atoms with E-state index in [1.165, 1.54) is 38.5 Å². The molecule has 2 aliphatic rings. The van der Waals surface area contributed by atoms with Gasteiger partial charge in [0.25, 0.3) is 0 Å². The zero-order valence-electron chi connectivity index (χ0n) is 15.4. The van der Waals surface area contributed by atoms with Gasteiger partial charge in [-0.05, 0) is 12.8 Å². The lowest BCUT2D eigenvalue weighted by Crippen LogP contribution is -2.37. The van der Waals surface area contributed by atoms with Crippen LogP contribution in [0.1, 0.15) is 38.5 Å². The summed E-state index contributed by atoms with van der Waals surface area (Å²) in [4.78, 5) is 11.9. The standard InChI is InChI=1S/C21H28N4O/c1-2-7-11-18(10-6-1)22-20-16-19(17-8-4-3-5-9-17)23-21(24-20)25-12-14-26-15-13-25/h3-5,8-9,16,18H,1-2,6-7,10-15H2,(H,22,23,24). The van der Waals surface area contributed by atoms with Gasteiger partial charge in [0, 0.05) is 30.8 Å². The molecule has 0 unspecified atom stereocenters. The molecule has 4 rings (SSSR count). The fourth-order valence-electron chi connectivity index (χ4n) is 3.80. The minimum atomic E-state index is 0.522. The van der Waals surface area contributed by atoms with Crippen molar-refractivity contribution in [2.24, 2.45) is 0 Å². The van der Waals surface area contributed by atoms with Gasteiger partial charge in [-0.15, -0.1) is 0 Å². The van der Waals surface area contributed by atoms with Crippen LogP contribution in [0.3, 0.4) is 0 Å². The van der Waals surface area contributed by atoms with Gasteiger partial charge < -0.3 is 15.0 Å². The molecule has 26 heavy (non-hydrogen) atoms. The Morgan fingerprint density at radius 1 is 0.923 bits per heavy atom. The molecule has 5 heteroatoms. The molecule has 1 aliphatic carbocycles. The second-order valence-corrected chi connectivity index (χ2v) is 7.24. The number of ether oxygens (including phenoxy) is 1. The third kappa shape index (κ3) is 4.33. The van der Waals surface area contributed by atoms with E-state index in [2.05, 4.69) is 40.5 Å². The summed E-state index contributed by atoms with van der Waals surface area (Å²) in [6, 6.07) is 13.0. The fraction of sp³-hybridized carbons (Fsp3) is 0.524. The number of nitrogens with one attached hydrogen (secondary N) is 1. The van der Waals surface area contributed by atoms with Crippen molar-refractivity contribution >= 4 is 11.8 Å². The smallest absolute Gasteiger partial charge is 0.228 e. The molecule has 1 aromatic heterocycles. The number of hydrogen-bond donors (Lipinski definition) is 1. The van der Waals surface area contributed by atoms with Gasteiger partial charge >= 0.3 is 0 Å². The van der Waals surface area contributed by atoms with Crippen LogP contribution < -0.4 is 10.2 Å². The van der Waals surface area contributed by atoms with Crippen molar-refractivity contribution in [1.82, 2.24) is 9.97 Å². The molecule has 138 valence electrons. The van der Waals surface area contributed by atoms with E-state index in [0.29, 0.717) is 6.04 Å². The predicted octanol–water partition coefficient (Wildman–Crippen LogP) is 4.11. The first-order chi connectivity index (χ1) is 12.9. The molecular formula is C21H28N4O. The SMILES string of the molecule is c1ccc(-c2cc(NC3CCCCCC3)nc(N3CCOCC3)n2)cc1. The number of anilines is 2. The van der Waals surface area contributed by atoms with Crippen molar-refractivity contribution in [2.45, 2.75) is 44.6 Å². The van der Waals surface area contributed by atoms with Gasteiger partial charge in [-0.25, -0.2) is 4.98 Å². The Hall–Kier alpha value is -2.14. The molecule has 0 radical (unpaired) electrons. The van der Waals surface area contributed by atoms with E-state index in [0.717, 1.165) is 49.3 Å². The number of nitrogens with zero attached hydrogens (tertiary/aromatic N) is 3. The van der Waals surface area contributed by atoms with Gasteiger partial charge in [-0.1, -0.05) is 56.0 Å². The average Bonchev–Trinajstić information content (AvgIpc) is 2.98. The molecule has 0 spiro atoms. The Kier molecular flexibility index (Phi) is 5.65. The van der Waals surface area contributed by atoms with Gasteiger partial charge in [0.1, 0.15) is 5.82 Å². The van der Waals surface area contributed by atoms with Crippen LogP contribution in [0.2, 0.25) is 0 Å². The monoisotopic (exact) mass is 352 g/mol. The average molecular weight is 352 g/mol. The highest BCUT2D eigenvalue weighted by atomic mass is 16.5. The zero-order valence-corrected chi connectivity index (χ0v) is 15.4. The Labute approximate surface area is 155 Å². The van der Waals surface area contributed by atoms with Crippen LogP contribution in [0.25, 0.3) is 11.3 Å². The van der Waals surface area contributed by atoms with Crippen LogP contribution in [0.5, 0.6) is 0 Å². The lowest BCUT2D eigenvalue weighted by molar-refractivity contribution is 0.122. The minimum Gasteiger partial charge on any atom is -0.378 e. The molecular weight excluding hydrogens is 324 g/mol. The van der Waals surface area contributed by atoms with Gasteiger partial charge in [-0.2, -0.15) is 4.98 Å². The van der Waals surface area contributed by atoms with Crippen LogP contribution in [0.15, 0.2) is 36.4 Å². The Morgan fingerprint density at radius 2 is 1.65 bits per heavy atom. The molecule has 1 saturated heterocycles. The second kappa shape index (κ2) is 8.49. The third-order valence-electron chi connectivity index (χ3n) is 5.29. The molecule has 2 heterocycles. The van der Waals surface area contributed by atoms with Crippen molar-refractivity contribution in [2.75, 3.05) is 36.5 Å². The summed E-state index contributed by atoms with van der Waals surface area (Å²) >= 11 is 0. The van der Waals surface area contributed by atoms with Crippen LogP contribution in [-0.4, -0.2) is 42.3 Å². The molecule has 2 aromatic rings. The number of aromatic nitrogens is 2. The summed E-state index contributed by atoms with van der Waals surface area (Å²) in [5.41, 5.74) is 2.12. The summed E-state index contributed by atoms with van der Waals surface area (Å²) in [6.07, 6.45) is 7.80. The van der Waals surface area contributed by atoms with Crippen molar-refractivity contribution in [3.05, 3.63) is 36.4 Å². The minimum absolute atomic E-state index is 0.522. The number of rotatable bonds is 4. The van der Waals surface area contributed by atoms with Gasteiger partial charge in [0.2, 0.25) is 5.95 Å². The third-order valence-corrected chi connectivity index (χ3v) is 5.29. The van der Waals surface area contributed by atoms with E-state index in [1.54, 1.807) is 0 Å². The van der Waals surface area contributed by atoms with E-state index >= 15 is 0 Å². The summed E-state index contributed by atoms with van der Waals surface area (Å²) in [6.45, 7) is 3.18. The van der Waals surface area contributed by atoms with Gasteiger partial charge in [0.15, 0.2) is 0 Å². The quantitative estimate of drug-likeness (QED) is 0.839. The summed E-state index contributed by atoms with van der Waals surface area (Å²) in [7, 11) is 0. The fourth-order valence-corrected chi connectivity index (χ4v) is 3.80. The second-order valence-electron chi connectivity index (χ2n) is 7.24. The Morgan fingerprint density at radius 3 is 2.38 bits per heavy atom. The summed E-state index contributed by atoms with van der Waals surface area (Å²) < 4.78 is 5.49. The molecule has 1 aliphatic heterocycles. The first-order valence-electron chi connectivity index (χ1n) is 9.92. The van der Waals surface area contributed by atoms with E-state index in [1.807, 2.05) is 6.07 Å². The maximum atomic E-state index is 5.49. The first-order valence-corrected chi connectivity index (χ1v) is 9.92. The molecule has 0 amide bonds. The van der Waals surface area contributed by atoms with E-state index in [4.69, 9.17) is 14.7 Å². The molecule has 1 N–H and O–H groups in total. The normalized spacial score (nSPS) is 19.2. The Bertz CT molecular complexity index is 692. The summed E-state index contributed by atoms with van der Waals surface area (Å²) in [5.74, 6) is 1.76. The van der Waals surface area contributed by atoms with Gasteiger partial charge in [-0.3, -0.25) is 0 Å². The van der Waals surface area contributed by atoms with Crippen molar-refractivity contribution in [3.63, 3.8) is 0 Å². The number of morpholine rings is 1. The van der Waals surface area contributed by atoms with Crippen LogP contribution in [0.4, 0.5) is 11.8 Å². The largest absolute Gasteiger partial charge is 0.378 e.